The third-order valence-electron chi connectivity index (χ3n) is 6.99. The number of benzene rings is 1. The predicted octanol–water partition coefficient (Wildman–Crippen LogP) is 0.979. The molecule has 3 fully saturated rings. The van der Waals surface area contributed by atoms with Gasteiger partial charge in [-0.25, -0.2) is 5.48 Å². The number of hydrogen-bond acceptors (Lipinski definition) is 5. The summed E-state index contributed by atoms with van der Waals surface area (Å²) >= 11 is 0. The van der Waals surface area contributed by atoms with Crippen molar-refractivity contribution in [1.82, 2.24) is 20.2 Å². The van der Waals surface area contributed by atoms with Crippen LogP contribution in [0.5, 0.6) is 0 Å². The number of piperazine rings is 1. The molecule has 4 rings (SSSR count). The summed E-state index contributed by atoms with van der Waals surface area (Å²) in [4.78, 5) is 32.0. The number of likely N-dealkylation sites (tertiary alicyclic amines) is 1. The van der Waals surface area contributed by atoms with E-state index in [-0.39, 0.29) is 11.3 Å². The first kappa shape index (κ1) is 20.3. The van der Waals surface area contributed by atoms with Crippen LogP contribution >= 0.6 is 0 Å². The van der Waals surface area contributed by atoms with E-state index in [0.717, 1.165) is 45.4 Å². The molecule has 7 nitrogen and oxygen atoms in total. The fraction of sp³-hybridized carbons (Fsp3) is 0.636. The Morgan fingerprint density at radius 1 is 1.14 bits per heavy atom. The second kappa shape index (κ2) is 8.42. The quantitative estimate of drug-likeness (QED) is 0.569. The van der Waals surface area contributed by atoms with Crippen molar-refractivity contribution in [3.8, 4) is 0 Å². The van der Waals surface area contributed by atoms with Crippen molar-refractivity contribution in [3.63, 3.8) is 0 Å². The Morgan fingerprint density at radius 2 is 1.83 bits per heavy atom. The van der Waals surface area contributed by atoms with E-state index in [1.54, 1.807) is 5.48 Å². The zero-order chi connectivity index (χ0) is 20.4. The van der Waals surface area contributed by atoms with Crippen LogP contribution in [0, 0.1) is 11.3 Å². The van der Waals surface area contributed by atoms with E-state index >= 15 is 0 Å². The minimum absolute atomic E-state index is 0.0271. The van der Waals surface area contributed by atoms with Gasteiger partial charge in [-0.1, -0.05) is 30.3 Å². The van der Waals surface area contributed by atoms with Gasteiger partial charge in [-0.3, -0.25) is 24.6 Å². The molecule has 2 unspecified atom stereocenters. The van der Waals surface area contributed by atoms with Gasteiger partial charge in [-0.05, 0) is 43.7 Å². The lowest BCUT2D eigenvalue weighted by molar-refractivity contribution is -0.151. The minimum Gasteiger partial charge on any atom is -0.339 e. The average Bonchev–Trinajstić information content (AvgIpc) is 3.50. The summed E-state index contributed by atoms with van der Waals surface area (Å²) in [5.74, 6) is -0.883. The monoisotopic (exact) mass is 400 g/mol. The number of amides is 2. The van der Waals surface area contributed by atoms with E-state index in [0.29, 0.717) is 19.5 Å². The van der Waals surface area contributed by atoms with Crippen LogP contribution in [0.4, 0.5) is 0 Å². The molecule has 1 saturated carbocycles. The molecule has 2 saturated heterocycles. The average molecular weight is 401 g/mol. The second-order valence-electron chi connectivity index (χ2n) is 9.05. The highest BCUT2D eigenvalue weighted by Gasteiger charge is 2.55. The van der Waals surface area contributed by atoms with Gasteiger partial charge in [0.1, 0.15) is 6.04 Å². The lowest BCUT2D eigenvalue weighted by Gasteiger charge is -2.44. The molecule has 0 aromatic heterocycles. The Hall–Kier alpha value is -1.96. The van der Waals surface area contributed by atoms with Crippen molar-refractivity contribution in [1.29, 1.82) is 0 Å². The highest BCUT2D eigenvalue weighted by atomic mass is 16.5. The lowest BCUT2D eigenvalue weighted by Crippen LogP contribution is -2.61. The molecular weight excluding hydrogens is 368 g/mol. The van der Waals surface area contributed by atoms with Crippen LogP contribution in [-0.4, -0.2) is 84.1 Å². The third-order valence-corrected chi connectivity index (χ3v) is 6.99. The van der Waals surface area contributed by atoms with E-state index in [4.69, 9.17) is 0 Å². The number of nitrogens with zero attached hydrogens (tertiary/aromatic N) is 3. The van der Waals surface area contributed by atoms with Crippen molar-refractivity contribution in [2.75, 3.05) is 46.3 Å². The van der Waals surface area contributed by atoms with Gasteiger partial charge < -0.3 is 4.90 Å². The molecule has 2 heterocycles. The molecule has 2 N–H and O–H groups in total. The van der Waals surface area contributed by atoms with Gasteiger partial charge in [0.05, 0.1) is 5.92 Å². The number of nitrogens with one attached hydrogen (secondary N) is 1. The Bertz CT molecular complexity index is 729. The van der Waals surface area contributed by atoms with E-state index in [9.17, 15) is 14.8 Å². The minimum atomic E-state index is -0.482. The van der Waals surface area contributed by atoms with E-state index in [2.05, 4.69) is 29.2 Å². The lowest BCUT2D eigenvalue weighted by atomic mass is 9.80. The molecule has 0 bridgehead atoms. The van der Waals surface area contributed by atoms with E-state index < -0.39 is 17.9 Å². The molecule has 1 aromatic rings. The van der Waals surface area contributed by atoms with E-state index in [1.165, 1.54) is 5.56 Å². The molecule has 1 aromatic carbocycles. The molecule has 0 radical (unpaired) electrons. The van der Waals surface area contributed by atoms with Crippen LogP contribution in [0.3, 0.4) is 0 Å². The summed E-state index contributed by atoms with van der Waals surface area (Å²) in [7, 11) is 1.94. The van der Waals surface area contributed by atoms with Crippen molar-refractivity contribution in [2.24, 2.45) is 11.3 Å². The molecule has 1 spiro atoms. The molecule has 29 heavy (non-hydrogen) atoms. The smallest absolute Gasteiger partial charge is 0.248 e. The predicted molar refractivity (Wildman–Crippen MR) is 109 cm³/mol. The number of carbonyl (C=O) groups is 2. The van der Waals surface area contributed by atoms with Gasteiger partial charge in [-0.2, -0.15) is 0 Å². The molecule has 1 aliphatic carbocycles. The number of hydroxylamine groups is 1. The first-order chi connectivity index (χ1) is 14.0. The van der Waals surface area contributed by atoms with Crippen LogP contribution in [0.2, 0.25) is 0 Å². The van der Waals surface area contributed by atoms with Crippen LogP contribution in [0.15, 0.2) is 30.3 Å². The van der Waals surface area contributed by atoms with Crippen molar-refractivity contribution < 1.29 is 14.8 Å². The fourth-order valence-corrected chi connectivity index (χ4v) is 5.11. The standard InChI is InChI=1S/C22H32N4O3/c1-24-16-22(8-9-22)15-18(20(27)23-29)19(24)21(28)26-13-11-25(12-14-26)10-7-17-5-3-2-4-6-17/h2-6,18-19,29H,7-16H2,1H3,(H,23,27). The Labute approximate surface area is 172 Å². The van der Waals surface area contributed by atoms with Gasteiger partial charge in [-0.15, -0.1) is 0 Å². The zero-order valence-corrected chi connectivity index (χ0v) is 17.2. The summed E-state index contributed by atoms with van der Waals surface area (Å²) in [6.07, 6.45) is 3.92. The van der Waals surface area contributed by atoms with Crippen molar-refractivity contribution in [3.05, 3.63) is 35.9 Å². The van der Waals surface area contributed by atoms with Crippen molar-refractivity contribution in [2.45, 2.75) is 31.7 Å². The summed E-state index contributed by atoms with van der Waals surface area (Å²) in [5.41, 5.74) is 3.30. The molecule has 2 amide bonds. The molecule has 3 aliphatic rings. The number of hydrogen-bond donors (Lipinski definition) is 2. The maximum absolute atomic E-state index is 13.3. The molecule has 2 aliphatic heterocycles. The molecule has 158 valence electrons. The maximum atomic E-state index is 13.3. The van der Waals surface area contributed by atoms with Crippen LogP contribution < -0.4 is 5.48 Å². The summed E-state index contributed by atoms with van der Waals surface area (Å²) in [6.45, 7) is 4.95. The Morgan fingerprint density at radius 3 is 2.45 bits per heavy atom. The Balaban J connectivity index is 1.33. The van der Waals surface area contributed by atoms with Gasteiger partial charge in [0, 0.05) is 39.3 Å². The summed E-state index contributed by atoms with van der Waals surface area (Å²) in [6, 6.07) is 9.99. The van der Waals surface area contributed by atoms with Gasteiger partial charge in [0.2, 0.25) is 11.8 Å². The van der Waals surface area contributed by atoms with Crippen molar-refractivity contribution >= 4 is 11.8 Å². The van der Waals surface area contributed by atoms with Crippen LogP contribution in [-0.2, 0) is 16.0 Å². The molecular formula is C22H32N4O3. The number of piperidine rings is 1. The largest absolute Gasteiger partial charge is 0.339 e. The second-order valence-corrected chi connectivity index (χ2v) is 9.05. The van der Waals surface area contributed by atoms with Crippen LogP contribution in [0.1, 0.15) is 24.8 Å². The van der Waals surface area contributed by atoms with E-state index in [1.807, 2.05) is 22.9 Å². The first-order valence-corrected chi connectivity index (χ1v) is 10.7. The Kier molecular flexibility index (Phi) is 5.90. The molecule has 7 heteroatoms. The molecule has 2 atom stereocenters. The van der Waals surface area contributed by atoms with Gasteiger partial charge >= 0.3 is 0 Å². The normalized spacial score (nSPS) is 27.0. The SMILES string of the molecule is CN1CC2(CC2)CC(C(=O)NO)C1C(=O)N1CCN(CCc2ccccc2)CC1. The topological polar surface area (TPSA) is 76.1 Å². The van der Waals surface area contributed by atoms with Gasteiger partial charge in [0.15, 0.2) is 0 Å². The number of rotatable bonds is 5. The van der Waals surface area contributed by atoms with Gasteiger partial charge in [0.25, 0.3) is 0 Å². The first-order valence-electron chi connectivity index (χ1n) is 10.7. The number of carbonyl (C=O) groups excluding carboxylic acids is 2. The summed E-state index contributed by atoms with van der Waals surface area (Å²) < 4.78 is 0. The highest BCUT2D eigenvalue weighted by molar-refractivity contribution is 5.90. The maximum Gasteiger partial charge on any atom is 0.248 e. The zero-order valence-electron chi connectivity index (χ0n) is 17.2. The third kappa shape index (κ3) is 4.47. The highest BCUT2D eigenvalue weighted by Crippen LogP contribution is 2.54. The number of likely N-dealkylation sites (N-methyl/N-ethyl adjacent to an activating group) is 1. The fourth-order valence-electron chi connectivity index (χ4n) is 5.11. The summed E-state index contributed by atoms with van der Waals surface area (Å²) in [5, 5.41) is 9.21. The van der Waals surface area contributed by atoms with Crippen LogP contribution in [0.25, 0.3) is 0 Å².